The maximum absolute atomic E-state index is 13.8. The molecule has 0 saturated carbocycles. The summed E-state index contributed by atoms with van der Waals surface area (Å²) in [6.07, 6.45) is 1.26. The maximum Gasteiger partial charge on any atom is 0.289 e. The van der Waals surface area contributed by atoms with Crippen LogP contribution in [0, 0.1) is 23.4 Å². The number of benzene rings is 1. The summed E-state index contributed by atoms with van der Waals surface area (Å²) in [5, 5.41) is -0.330. The number of rotatable bonds is 4. The molecule has 6 nitrogen and oxygen atoms in total. The van der Waals surface area contributed by atoms with Crippen LogP contribution in [0.5, 0.6) is 0 Å². The minimum atomic E-state index is -3.59. The van der Waals surface area contributed by atoms with Crippen molar-refractivity contribution in [2.24, 2.45) is 5.92 Å². The molecular weight excluding hydrogens is 399 g/mol. The summed E-state index contributed by atoms with van der Waals surface area (Å²) in [5.74, 6) is -5.82. The van der Waals surface area contributed by atoms with Crippen molar-refractivity contribution in [2.75, 3.05) is 19.3 Å². The zero-order valence-corrected chi connectivity index (χ0v) is 15.6. The molecule has 1 fully saturated rings. The third-order valence-corrected chi connectivity index (χ3v) is 5.51. The first kappa shape index (κ1) is 20.1. The molecule has 150 valence electrons. The number of hydrogen-bond donors (Lipinski definition) is 0. The molecule has 1 saturated heterocycles. The van der Waals surface area contributed by atoms with E-state index in [-0.39, 0.29) is 36.8 Å². The second kappa shape index (κ2) is 7.42. The fourth-order valence-electron chi connectivity index (χ4n) is 3.12. The van der Waals surface area contributed by atoms with Crippen molar-refractivity contribution in [3.05, 3.63) is 53.0 Å². The summed E-state index contributed by atoms with van der Waals surface area (Å²) in [6, 6.07) is 3.33. The predicted octanol–water partition coefficient (Wildman–Crippen LogP) is 2.84. The van der Waals surface area contributed by atoms with Gasteiger partial charge in [0.1, 0.15) is 17.5 Å². The van der Waals surface area contributed by atoms with Crippen molar-refractivity contribution < 1.29 is 35.6 Å². The molecule has 10 heteroatoms. The summed E-state index contributed by atoms with van der Waals surface area (Å²) in [7, 11) is -3.59. The molecule has 2 aromatic rings. The summed E-state index contributed by atoms with van der Waals surface area (Å²) < 4.78 is 68.6. The molecule has 0 aliphatic carbocycles. The predicted molar refractivity (Wildman–Crippen MR) is 91.1 cm³/mol. The Bertz CT molecular complexity index is 1020. The lowest BCUT2D eigenvalue weighted by molar-refractivity contribution is 0.0617. The molecule has 1 aromatic heterocycles. The maximum atomic E-state index is 13.8. The molecule has 0 atom stereocenters. The molecule has 0 unspecified atom stereocenters. The lowest BCUT2D eigenvalue weighted by Gasteiger charge is -2.30. The number of amides is 1. The monoisotopic (exact) mass is 415 g/mol. The molecule has 2 heterocycles. The number of Topliss-reactive ketones (excluding diaryl/α,β-unsaturated/α-hetero) is 1. The second-order valence-electron chi connectivity index (χ2n) is 6.57. The summed E-state index contributed by atoms with van der Waals surface area (Å²) >= 11 is 0. The van der Waals surface area contributed by atoms with Gasteiger partial charge in [-0.05, 0) is 25.0 Å². The van der Waals surface area contributed by atoms with Gasteiger partial charge in [-0.2, -0.15) is 0 Å². The van der Waals surface area contributed by atoms with Crippen LogP contribution in [-0.4, -0.2) is 44.4 Å². The van der Waals surface area contributed by atoms with Gasteiger partial charge in [0.2, 0.25) is 14.9 Å². The van der Waals surface area contributed by atoms with Crippen molar-refractivity contribution in [3.8, 4) is 0 Å². The highest BCUT2D eigenvalue weighted by molar-refractivity contribution is 7.90. The third-order valence-electron chi connectivity index (χ3n) is 4.56. The lowest BCUT2D eigenvalue weighted by Crippen LogP contribution is -2.40. The Balaban J connectivity index is 1.68. The number of furan rings is 1. The number of ketones is 1. The van der Waals surface area contributed by atoms with E-state index in [1.54, 1.807) is 0 Å². The van der Waals surface area contributed by atoms with E-state index in [4.69, 9.17) is 4.42 Å². The molecular formula is C18H16F3NO5S. The molecule has 28 heavy (non-hydrogen) atoms. The number of nitrogens with zero attached hydrogens (tertiary/aromatic N) is 1. The Morgan fingerprint density at radius 1 is 1.07 bits per heavy atom. The van der Waals surface area contributed by atoms with E-state index in [0.717, 1.165) is 6.26 Å². The number of sulfone groups is 1. The minimum Gasteiger partial charge on any atom is -0.440 e. The topological polar surface area (TPSA) is 84.7 Å². The highest BCUT2D eigenvalue weighted by atomic mass is 32.2. The van der Waals surface area contributed by atoms with E-state index in [1.807, 2.05) is 0 Å². The van der Waals surface area contributed by atoms with E-state index >= 15 is 0 Å². The zero-order chi connectivity index (χ0) is 20.6. The van der Waals surface area contributed by atoms with Crippen molar-refractivity contribution in [1.82, 2.24) is 4.90 Å². The quantitative estimate of drug-likeness (QED) is 0.717. The standard InChI is InChI=1S/C18H16F3NO5S/c1-28(25,26)15-3-2-14(27-15)18(24)22-6-4-10(5-7-22)17(23)16-12(20)8-11(19)9-13(16)21/h2-3,8-10H,4-7H2,1H3. The highest BCUT2D eigenvalue weighted by Gasteiger charge is 2.32. The van der Waals surface area contributed by atoms with E-state index in [9.17, 15) is 31.2 Å². The smallest absolute Gasteiger partial charge is 0.289 e. The number of carbonyl (C=O) groups excluding carboxylic acids is 2. The van der Waals surface area contributed by atoms with Gasteiger partial charge >= 0.3 is 0 Å². The van der Waals surface area contributed by atoms with E-state index in [0.29, 0.717) is 12.1 Å². The van der Waals surface area contributed by atoms with Crippen molar-refractivity contribution in [2.45, 2.75) is 17.9 Å². The van der Waals surface area contributed by atoms with Crippen LogP contribution in [0.1, 0.15) is 33.8 Å². The van der Waals surface area contributed by atoms with Gasteiger partial charge in [0.15, 0.2) is 11.5 Å². The highest BCUT2D eigenvalue weighted by Crippen LogP contribution is 2.26. The molecule has 0 bridgehead atoms. The van der Waals surface area contributed by atoms with Gasteiger partial charge in [-0.15, -0.1) is 0 Å². The number of carbonyl (C=O) groups is 2. The van der Waals surface area contributed by atoms with Gasteiger partial charge in [0.05, 0.1) is 5.56 Å². The van der Waals surface area contributed by atoms with Crippen LogP contribution >= 0.6 is 0 Å². The van der Waals surface area contributed by atoms with Crippen LogP contribution < -0.4 is 0 Å². The van der Waals surface area contributed by atoms with Gasteiger partial charge < -0.3 is 9.32 Å². The molecule has 0 radical (unpaired) electrons. The molecule has 1 aromatic carbocycles. The Kier molecular flexibility index (Phi) is 5.33. The van der Waals surface area contributed by atoms with Crippen molar-refractivity contribution in [3.63, 3.8) is 0 Å². The molecule has 0 spiro atoms. The molecule has 1 aliphatic rings. The molecule has 0 N–H and O–H groups in total. The number of halogens is 3. The Labute approximate surface area is 158 Å². The van der Waals surface area contributed by atoms with Gasteiger partial charge in [-0.25, -0.2) is 21.6 Å². The fraction of sp³-hybridized carbons (Fsp3) is 0.333. The first-order valence-electron chi connectivity index (χ1n) is 8.36. The minimum absolute atomic E-state index is 0.120. The van der Waals surface area contributed by atoms with Gasteiger partial charge in [0, 0.05) is 37.4 Å². The van der Waals surface area contributed by atoms with E-state index in [1.165, 1.54) is 17.0 Å². The van der Waals surface area contributed by atoms with Crippen LogP contribution in [0.25, 0.3) is 0 Å². The van der Waals surface area contributed by atoms with Crippen molar-refractivity contribution >= 4 is 21.5 Å². The summed E-state index contributed by atoms with van der Waals surface area (Å²) in [6.45, 7) is 0.239. The Hall–Kier alpha value is -2.62. The van der Waals surface area contributed by atoms with E-state index < -0.39 is 50.5 Å². The lowest BCUT2D eigenvalue weighted by atomic mass is 9.88. The Morgan fingerprint density at radius 3 is 2.14 bits per heavy atom. The molecule has 3 rings (SSSR count). The van der Waals surface area contributed by atoms with Crippen LogP contribution in [0.2, 0.25) is 0 Å². The van der Waals surface area contributed by atoms with Crippen LogP contribution in [0.3, 0.4) is 0 Å². The number of piperidine rings is 1. The van der Waals surface area contributed by atoms with Crippen molar-refractivity contribution in [1.29, 1.82) is 0 Å². The largest absolute Gasteiger partial charge is 0.440 e. The van der Waals surface area contributed by atoms with Crippen LogP contribution in [-0.2, 0) is 9.84 Å². The first-order chi connectivity index (χ1) is 13.1. The first-order valence-corrected chi connectivity index (χ1v) is 10.2. The average molecular weight is 415 g/mol. The van der Waals surface area contributed by atoms with Gasteiger partial charge in [-0.1, -0.05) is 0 Å². The number of hydrogen-bond acceptors (Lipinski definition) is 5. The molecule has 1 aliphatic heterocycles. The summed E-state index contributed by atoms with van der Waals surface area (Å²) in [4.78, 5) is 26.2. The fourth-order valence-corrected chi connectivity index (χ4v) is 3.67. The van der Waals surface area contributed by atoms with Crippen LogP contribution in [0.4, 0.5) is 13.2 Å². The van der Waals surface area contributed by atoms with E-state index in [2.05, 4.69) is 0 Å². The number of likely N-dealkylation sites (tertiary alicyclic amines) is 1. The van der Waals surface area contributed by atoms with Gasteiger partial charge in [0.25, 0.3) is 5.91 Å². The zero-order valence-electron chi connectivity index (χ0n) is 14.7. The van der Waals surface area contributed by atoms with Gasteiger partial charge in [-0.3, -0.25) is 9.59 Å². The SMILES string of the molecule is CS(=O)(=O)c1ccc(C(=O)N2CCC(C(=O)c3c(F)cc(F)cc3F)CC2)o1. The third kappa shape index (κ3) is 3.96. The normalized spacial score (nSPS) is 15.6. The Morgan fingerprint density at radius 2 is 1.64 bits per heavy atom. The summed E-state index contributed by atoms with van der Waals surface area (Å²) in [5.41, 5.74) is -0.782. The second-order valence-corrected chi connectivity index (χ2v) is 8.51. The van der Waals surface area contributed by atoms with Crippen LogP contribution in [0.15, 0.2) is 33.8 Å². The molecule has 1 amide bonds. The average Bonchev–Trinajstić information content (AvgIpc) is 3.10.